The van der Waals surface area contributed by atoms with E-state index in [1.165, 1.54) is 18.9 Å². The lowest BCUT2D eigenvalue weighted by atomic mass is 9.71. The zero-order chi connectivity index (χ0) is 14.5. The van der Waals surface area contributed by atoms with E-state index in [2.05, 4.69) is 19.2 Å². The average Bonchev–Trinajstić information content (AvgIpc) is 2.46. The van der Waals surface area contributed by atoms with Crippen molar-refractivity contribution in [3.63, 3.8) is 0 Å². The highest BCUT2D eigenvalue weighted by Crippen LogP contribution is 2.41. The molecule has 0 aromatic heterocycles. The molecule has 20 heavy (non-hydrogen) atoms. The number of nitrogens with one attached hydrogen (secondary N) is 1. The molecule has 3 heteroatoms. The number of benzene rings is 1. The molecule has 1 aromatic rings. The summed E-state index contributed by atoms with van der Waals surface area (Å²) < 4.78 is 19.4. The van der Waals surface area contributed by atoms with Gasteiger partial charge in [0.2, 0.25) is 0 Å². The van der Waals surface area contributed by atoms with Gasteiger partial charge in [-0.1, -0.05) is 26.3 Å². The van der Waals surface area contributed by atoms with E-state index in [4.69, 9.17) is 4.74 Å². The molecule has 1 fully saturated rings. The van der Waals surface area contributed by atoms with Crippen LogP contribution < -0.4 is 10.1 Å². The molecule has 1 aliphatic carbocycles. The predicted octanol–water partition coefficient (Wildman–Crippen LogP) is 3.96. The Bertz CT molecular complexity index is 433. The van der Waals surface area contributed by atoms with Crippen LogP contribution >= 0.6 is 0 Å². The van der Waals surface area contributed by atoms with E-state index >= 15 is 0 Å². The first-order valence-electron chi connectivity index (χ1n) is 7.69. The summed E-state index contributed by atoms with van der Waals surface area (Å²) in [5.41, 5.74) is 0.861. The first-order chi connectivity index (χ1) is 9.65. The van der Waals surface area contributed by atoms with E-state index in [1.807, 2.05) is 12.1 Å². The minimum atomic E-state index is -0.120. The predicted molar refractivity (Wildman–Crippen MR) is 80.7 cm³/mol. The Morgan fingerprint density at radius 1 is 1.35 bits per heavy atom. The second kappa shape index (κ2) is 7.07. The molecular weight excluding hydrogens is 253 g/mol. The summed E-state index contributed by atoms with van der Waals surface area (Å²) in [6.07, 6.45) is 3.52. The van der Waals surface area contributed by atoms with Gasteiger partial charge in [-0.25, -0.2) is 4.39 Å². The second-order valence-electron chi connectivity index (χ2n) is 5.98. The Kier molecular flexibility index (Phi) is 5.41. The number of hydrogen-bond donors (Lipinski definition) is 1. The topological polar surface area (TPSA) is 21.3 Å². The summed E-state index contributed by atoms with van der Waals surface area (Å²) >= 11 is 0. The lowest BCUT2D eigenvalue weighted by Crippen LogP contribution is -2.31. The highest BCUT2D eigenvalue weighted by molar-refractivity contribution is 5.32. The molecule has 3 atom stereocenters. The largest absolute Gasteiger partial charge is 0.497 e. The van der Waals surface area contributed by atoms with Gasteiger partial charge in [0.15, 0.2) is 0 Å². The smallest absolute Gasteiger partial charge is 0.130 e. The van der Waals surface area contributed by atoms with Gasteiger partial charge in [-0.05, 0) is 55.3 Å². The van der Waals surface area contributed by atoms with E-state index < -0.39 is 0 Å². The van der Waals surface area contributed by atoms with Crippen LogP contribution in [0.3, 0.4) is 0 Å². The molecule has 0 radical (unpaired) electrons. The maximum Gasteiger partial charge on any atom is 0.130 e. The molecule has 0 spiro atoms. The van der Waals surface area contributed by atoms with Crippen molar-refractivity contribution in [1.82, 2.24) is 5.32 Å². The first-order valence-corrected chi connectivity index (χ1v) is 7.69. The van der Waals surface area contributed by atoms with Gasteiger partial charge in [-0.15, -0.1) is 0 Å². The van der Waals surface area contributed by atoms with Crippen LogP contribution in [0.2, 0.25) is 0 Å². The molecule has 1 aromatic carbocycles. The summed E-state index contributed by atoms with van der Waals surface area (Å²) in [6, 6.07) is 5.30. The minimum Gasteiger partial charge on any atom is -0.497 e. The molecule has 2 rings (SSSR count). The molecule has 2 nitrogen and oxygen atoms in total. The number of hydrogen-bond acceptors (Lipinski definition) is 2. The molecule has 0 saturated heterocycles. The van der Waals surface area contributed by atoms with Gasteiger partial charge in [-0.2, -0.15) is 0 Å². The van der Waals surface area contributed by atoms with Crippen molar-refractivity contribution in [2.24, 2.45) is 11.8 Å². The average molecular weight is 279 g/mol. The minimum absolute atomic E-state index is 0.120. The SMILES string of the molecule is CCNCC1CCC(C)CC1c1ccc(OC)cc1F. The first kappa shape index (κ1) is 15.3. The van der Waals surface area contributed by atoms with E-state index in [-0.39, 0.29) is 5.82 Å². The fourth-order valence-electron chi connectivity index (χ4n) is 3.33. The summed E-state index contributed by atoms with van der Waals surface area (Å²) in [7, 11) is 1.57. The highest BCUT2D eigenvalue weighted by atomic mass is 19.1. The Morgan fingerprint density at radius 2 is 2.15 bits per heavy atom. The lowest BCUT2D eigenvalue weighted by Gasteiger charge is -2.35. The van der Waals surface area contributed by atoms with E-state index in [1.54, 1.807) is 7.11 Å². The normalized spacial score (nSPS) is 26.5. The Balaban J connectivity index is 2.21. The fraction of sp³-hybridized carbons (Fsp3) is 0.647. The third kappa shape index (κ3) is 3.51. The van der Waals surface area contributed by atoms with Gasteiger partial charge in [0.25, 0.3) is 0 Å². The van der Waals surface area contributed by atoms with Gasteiger partial charge < -0.3 is 10.1 Å². The van der Waals surface area contributed by atoms with Crippen molar-refractivity contribution in [2.45, 2.75) is 39.0 Å². The zero-order valence-corrected chi connectivity index (χ0v) is 12.8. The molecule has 3 unspecified atom stereocenters. The van der Waals surface area contributed by atoms with Gasteiger partial charge >= 0.3 is 0 Å². The third-order valence-electron chi connectivity index (χ3n) is 4.52. The van der Waals surface area contributed by atoms with Crippen molar-refractivity contribution in [3.05, 3.63) is 29.6 Å². The van der Waals surface area contributed by atoms with E-state index in [9.17, 15) is 4.39 Å². The monoisotopic (exact) mass is 279 g/mol. The van der Waals surface area contributed by atoms with Crippen molar-refractivity contribution in [1.29, 1.82) is 0 Å². The van der Waals surface area contributed by atoms with Crippen LogP contribution in [-0.2, 0) is 0 Å². The van der Waals surface area contributed by atoms with Crippen molar-refractivity contribution >= 4 is 0 Å². The van der Waals surface area contributed by atoms with Crippen molar-refractivity contribution < 1.29 is 9.13 Å². The maximum absolute atomic E-state index is 14.3. The third-order valence-corrected chi connectivity index (χ3v) is 4.52. The van der Waals surface area contributed by atoms with Crippen LogP contribution in [0.1, 0.15) is 44.6 Å². The second-order valence-corrected chi connectivity index (χ2v) is 5.98. The molecule has 0 amide bonds. The standard InChI is InChI=1S/C17H26FNO/c1-4-19-11-13-6-5-12(2)9-16(13)15-8-7-14(20-3)10-17(15)18/h7-8,10,12-13,16,19H,4-6,9,11H2,1-3H3. The Labute approximate surface area is 121 Å². The summed E-state index contributed by atoms with van der Waals surface area (Å²) in [6.45, 7) is 6.36. The fourth-order valence-corrected chi connectivity index (χ4v) is 3.33. The van der Waals surface area contributed by atoms with Crippen LogP contribution in [0.5, 0.6) is 5.75 Å². The maximum atomic E-state index is 14.3. The quantitative estimate of drug-likeness (QED) is 0.880. The highest BCUT2D eigenvalue weighted by Gasteiger charge is 2.31. The van der Waals surface area contributed by atoms with Crippen LogP contribution in [0.4, 0.5) is 4.39 Å². The van der Waals surface area contributed by atoms with Crippen LogP contribution in [0.15, 0.2) is 18.2 Å². The number of rotatable bonds is 5. The van der Waals surface area contributed by atoms with Gasteiger partial charge in [0.1, 0.15) is 11.6 Å². The van der Waals surface area contributed by atoms with Crippen LogP contribution in [-0.4, -0.2) is 20.2 Å². The zero-order valence-electron chi connectivity index (χ0n) is 12.8. The van der Waals surface area contributed by atoms with Gasteiger partial charge in [0.05, 0.1) is 7.11 Å². The molecule has 0 aliphatic heterocycles. The van der Waals surface area contributed by atoms with Crippen LogP contribution in [0.25, 0.3) is 0 Å². The molecule has 1 saturated carbocycles. The molecular formula is C17H26FNO. The lowest BCUT2D eigenvalue weighted by molar-refractivity contribution is 0.238. The summed E-state index contributed by atoms with van der Waals surface area (Å²) in [5.74, 6) is 2.01. The summed E-state index contributed by atoms with van der Waals surface area (Å²) in [4.78, 5) is 0. The molecule has 112 valence electrons. The van der Waals surface area contributed by atoms with Crippen molar-refractivity contribution in [3.8, 4) is 5.75 Å². The van der Waals surface area contributed by atoms with E-state index in [0.29, 0.717) is 23.5 Å². The summed E-state index contributed by atoms with van der Waals surface area (Å²) in [5, 5.41) is 3.43. The van der Waals surface area contributed by atoms with Crippen molar-refractivity contribution in [2.75, 3.05) is 20.2 Å². The van der Waals surface area contributed by atoms with E-state index in [0.717, 1.165) is 25.1 Å². The Morgan fingerprint density at radius 3 is 2.80 bits per heavy atom. The Hall–Kier alpha value is -1.09. The van der Waals surface area contributed by atoms with Gasteiger partial charge in [0, 0.05) is 6.07 Å². The molecule has 1 N–H and O–H groups in total. The number of ether oxygens (including phenoxy) is 1. The number of halogens is 1. The number of methoxy groups -OCH3 is 1. The van der Waals surface area contributed by atoms with Crippen LogP contribution in [0, 0.1) is 17.7 Å². The molecule has 0 heterocycles. The molecule has 1 aliphatic rings. The van der Waals surface area contributed by atoms with Gasteiger partial charge in [-0.3, -0.25) is 0 Å². The molecule has 0 bridgehead atoms.